The number of imidazole rings is 1. The number of halogens is 2. The molecule has 6 heteroatoms. The van der Waals surface area contributed by atoms with Gasteiger partial charge in [0.2, 0.25) is 0 Å². The molecule has 0 aliphatic rings. The number of nitrogens with one attached hydrogen (secondary N) is 1. The summed E-state index contributed by atoms with van der Waals surface area (Å²) < 4.78 is 29.9. The first kappa shape index (κ1) is 14.2. The highest BCUT2D eigenvalue weighted by Crippen LogP contribution is 2.24. The van der Waals surface area contributed by atoms with Gasteiger partial charge >= 0.3 is 0 Å². The number of nitrogens with zero attached hydrogens (tertiary/aromatic N) is 2. The Bertz CT molecular complexity index is 702. The van der Waals surface area contributed by atoms with Gasteiger partial charge in [-0.05, 0) is 18.7 Å². The number of likely N-dealkylation sites (N-methyl/N-ethyl adjacent to an activating group) is 1. The van der Waals surface area contributed by atoms with Gasteiger partial charge in [0.05, 0.1) is 5.69 Å². The fourth-order valence-electron chi connectivity index (χ4n) is 2.45. The molecule has 0 radical (unpaired) electrons. The van der Waals surface area contributed by atoms with E-state index in [0.29, 0.717) is 13.0 Å². The average Bonchev–Trinajstić information content (AvgIpc) is 2.99. The standard InChI is InChI=1S/C15H15F2N3S/c1-2-18-13(14-11(16)4-3-5-12(14)17)8-10-9-20-6-7-21-15(20)19-10/h3-7,9,13,18H,2,8H2,1H3. The number of benzene rings is 1. The summed E-state index contributed by atoms with van der Waals surface area (Å²) >= 11 is 1.53. The lowest BCUT2D eigenvalue weighted by Gasteiger charge is -2.18. The Morgan fingerprint density at radius 2 is 2.10 bits per heavy atom. The van der Waals surface area contributed by atoms with Crippen LogP contribution >= 0.6 is 11.3 Å². The Balaban J connectivity index is 1.92. The van der Waals surface area contributed by atoms with Crippen LogP contribution in [0.15, 0.2) is 36.0 Å². The molecule has 0 fully saturated rings. The molecule has 21 heavy (non-hydrogen) atoms. The van der Waals surface area contributed by atoms with Crippen molar-refractivity contribution in [2.24, 2.45) is 0 Å². The van der Waals surface area contributed by atoms with Gasteiger partial charge in [-0.25, -0.2) is 13.8 Å². The highest BCUT2D eigenvalue weighted by molar-refractivity contribution is 7.15. The van der Waals surface area contributed by atoms with Crippen molar-refractivity contribution >= 4 is 16.3 Å². The van der Waals surface area contributed by atoms with E-state index in [1.807, 2.05) is 29.1 Å². The fourth-order valence-corrected chi connectivity index (χ4v) is 3.17. The van der Waals surface area contributed by atoms with Gasteiger partial charge < -0.3 is 5.32 Å². The maximum Gasteiger partial charge on any atom is 0.193 e. The summed E-state index contributed by atoms with van der Waals surface area (Å²) in [4.78, 5) is 5.36. The van der Waals surface area contributed by atoms with Crippen molar-refractivity contribution in [1.29, 1.82) is 0 Å². The number of aromatic nitrogens is 2. The Labute approximate surface area is 125 Å². The van der Waals surface area contributed by atoms with Crippen LogP contribution in [0.4, 0.5) is 8.78 Å². The van der Waals surface area contributed by atoms with Gasteiger partial charge in [-0.1, -0.05) is 13.0 Å². The first-order chi connectivity index (χ1) is 10.2. The number of hydrogen-bond acceptors (Lipinski definition) is 3. The monoisotopic (exact) mass is 307 g/mol. The van der Waals surface area contributed by atoms with Gasteiger partial charge in [-0.2, -0.15) is 0 Å². The molecular formula is C15H15F2N3S. The fraction of sp³-hybridized carbons (Fsp3) is 0.267. The summed E-state index contributed by atoms with van der Waals surface area (Å²) in [6.07, 6.45) is 4.26. The molecule has 3 rings (SSSR count). The molecule has 2 heterocycles. The summed E-state index contributed by atoms with van der Waals surface area (Å²) in [6.45, 7) is 2.54. The van der Waals surface area contributed by atoms with Crippen molar-refractivity contribution in [3.63, 3.8) is 0 Å². The van der Waals surface area contributed by atoms with Gasteiger partial charge in [0.15, 0.2) is 4.96 Å². The van der Waals surface area contributed by atoms with Crippen molar-refractivity contribution in [1.82, 2.24) is 14.7 Å². The predicted octanol–water partition coefficient (Wildman–Crippen LogP) is 3.57. The molecular weight excluding hydrogens is 292 g/mol. The summed E-state index contributed by atoms with van der Waals surface area (Å²) in [5, 5.41) is 5.09. The van der Waals surface area contributed by atoms with Gasteiger partial charge in [0.1, 0.15) is 11.6 Å². The van der Waals surface area contributed by atoms with Gasteiger partial charge in [0, 0.05) is 35.8 Å². The van der Waals surface area contributed by atoms with Crippen LogP contribution in [0.3, 0.4) is 0 Å². The molecule has 1 N–H and O–H groups in total. The summed E-state index contributed by atoms with van der Waals surface area (Å²) in [7, 11) is 0. The molecule has 1 atom stereocenters. The molecule has 2 aromatic heterocycles. The van der Waals surface area contributed by atoms with E-state index < -0.39 is 17.7 Å². The third-order valence-electron chi connectivity index (χ3n) is 3.36. The molecule has 0 saturated carbocycles. The second kappa shape index (κ2) is 5.91. The van der Waals surface area contributed by atoms with Crippen LogP contribution in [-0.4, -0.2) is 15.9 Å². The van der Waals surface area contributed by atoms with Gasteiger partial charge in [-0.3, -0.25) is 4.40 Å². The van der Waals surface area contributed by atoms with Crippen molar-refractivity contribution < 1.29 is 8.78 Å². The zero-order chi connectivity index (χ0) is 14.8. The lowest BCUT2D eigenvalue weighted by molar-refractivity contribution is 0.471. The van der Waals surface area contributed by atoms with Gasteiger partial charge in [0.25, 0.3) is 0 Å². The molecule has 0 aliphatic carbocycles. The zero-order valence-electron chi connectivity index (χ0n) is 11.5. The maximum absolute atomic E-state index is 14.0. The smallest absolute Gasteiger partial charge is 0.193 e. The van der Waals surface area contributed by atoms with E-state index in [2.05, 4.69) is 10.3 Å². The molecule has 1 unspecified atom stereocenters. The minimum Gasteiger partial charge on any atom is -0.310 e. The second-order valence-corrected chi connectivity index (χ2v) is 5.65. The SMILES string of the molecule is CCNC(Cc1cn2ccsc2n1)c1c(F)cccc1F. The van der Waals surface area contributed by atoms with Crippen LogP contribution in [0.25, 0.3) is 4.96 Å². The molecule has 3 aromatic rings. The number of rotatable bonds is 5. The largest absolute Gasteiger partial charge is 0.310 e. The van der Waals surface area contributed by atoms with Crippen LogP contribution in [0.2, 0.25) is 0 Å². The van der Waals surface area contributed by atoms with Crippen LogP contribution in [0.1, 0.15) is 24.2 Å². The van der Waals surface area contributed by atoms with E-state index in [0.717, 1.165) is 10.7 Å². The van der Waals surface area contributed by atoms with Crippen LogP contribution < -0.4 is 5.32 Å². The summed E-state index contributed by atoms with van der Waals surface area (Å²) in [6, 6.07) is 3.52. The maximum atomic E-state index is 14.0. The Hall–Kier alpha value is -1.79. The van der Waals surface area contributed by atoms with E-state index in [9.17, 15) is 8.78 Å². The van der Waals surface area contributed by atoms with Crippen LogP contribution in [0.5, 0.6) is 0 Å². The van der Waals surface area contributed by atoms with E-state index >= 15 is 0 Å². The highest BCUT2D eigenvalue weighted by atomic mass is 32.1. The molecule has 0 amide bonds. The number of fused-ring (bicyclic) bond motifs is 1. The molecule has 0 aliphatic heterocycles. The molecule has 0 spiro atoms. The quantitative estimate of drug-likeness (QED) is 0.781. The normalized spacial score (nSPS) is 12.9. The topological polar surface area (TPSA) is 29.3 Å². The van der Waals surface area contributed by atoms with Crippen LogP contribution in [-0.2, 0) is 6.42 Å². The third kappa shape index (κ3) is 2.82. The third-order valence-corrected chi connectivity index (χ3v) is 4.13. The molecule has 0 bridgehead atoms. The highest BCUT2D eigenvalue weighted by Gasteiger charge is 2.21. The van der Waals surface area contributed by atoms with Gasteiger partial charge in [-0.15, -0.1) is 11.3 Å². The minimum atomic E-state index is -0.526. The molecule has 3 nitrogen and oxygen atoms in total. The average molecular weight is 307 g/mol. The van der Waals surface area contributed by atoms with E-state index in [1.54, 1.807) is 0 Å². The predicted molar refractivity (Wildman–Crippen MR) is 79.5 cm³/mol. The number of hydrogen-bond donors (Lipinski definition) is 1. The van der Waals surface area contributed by atoms with Crippen molar-refractivity contribution in [3.05, 3.63) is 58.9 Å². The lowest BCUT2D eigenvalue weighted by atomic mass is 10.0. The first-order valence-electron chi connectivity index (χ1n) is 6.77. The van der Waals surface area contributed by atoms with E-state index in [4.69, 9.17) is 0 Å². The van der Waals surface area contributed by atoms with Crippen molar-refractivity contribution in [3.8, 4) is 0 Å². The Kier molecular flexibility index (Phi) is 3.98. The van der Waals surface area contributed by atoms with Crippen molar-refractivity contribution in [2.45, 2.75) is 19.4 Å². The molecule has 110 valence electrons. The summed E-state index contributed by atoms with van der Waals surface area (Å²) in [5.74, 6) is -1.05. The first-order valence-corrected chi connectivity index (χ1v) is 7.65. The minimum absolute atomic E-state index is 0.0794. The number of thiazole rings is 1. The Morgan fingerprint density at radius 1 is 1.33 bits per heavy atom. The van der Waals surface area contributed by atoms with Crippen LogP contribution in [0, 0.1) is 11.6 Å². The molecule has 0 saturated heterocycles. The zero-order valence-corrected chi connectivity index (χ0v) is 12.3. The van der Waals surface area contributed by atoms with E-state index in [1.165, 1.54) is 29.5 Å². The molecule has 1 aromatic carbocycles. The van der Waals surface area contributed by atoms with Crippen molar-refractivity contribution in [2.75, 3.05) is 6.54 Å². The lowest BCUT2D eigenvalue weighted by Crippen LogP contribution is -2.25. The Morgan fingerprint density at radius 3 is 2.76 bits per heavy atom. The van der Waals surface area contributed by atoms with E-state index in [-0.39, 0.29) is 5.56 Å². The second-order valence-electron chi connectivity index (χ2n) is 4.77. The summed E-state index contributed by atoms with van der Waals surface area (Å²) in [5.41, 5.74) is 0.895.